The molecule has 0 fully saturated rings. The van der Waals surface area contributed by atoms with Gasteiger partial charge in [-0.15, -0.1) is 11.3 Å². The number of H-pyrrole nitrogens is 1. The molecule has 0 radical (unpaired) electrons. The van der Waals surface area contributed by atoms with Crippen LogP contribution in [-0.2, 0) is 13.0 Å². The molecule has 4 nitrogen and oxygen atoms in total. The van der Waals surface area contributed by atoms with Crippen LogP contribution in [0.1, 0.15) is 29.6 Å². The summed E-state index contributed by atoms with van der Waals surface area (Å²) < 4.78 is 2.50. The lowest BCUT2D eigenvalue weighted by Crippen LogP contribution is -2.17. The minimum absolute atomic E-state index is 0.627. The second kappa shape index (κ2) is 5.46. The molecule has 0 saturated carbocycles. The number of thiophene rings is 1. The van der Waals surface area contributed by atoms with Crippen LogP contribution in [0.3, 0.4) is 0 Å². The molecule has 2 aromatic heterocycles. The topological polar surface area (TPSA) is 45.6 Å². The van der Waals surface area contributed by atoms with E-state index in [1.165, 1.54) is 10.4 Å². The van der Waals surface area contributed by atoms with Crippen molar-refractivity contribution in [3.05, 3.63) is 32.5 Å². The highest BCUT2D eigenvalue weighted by atomic mass is 32.1. The summed E-state index contributed by atoms with van der Waals surface area (Å²) in [6, 6.07) is 2.13. The summed E-state index contributed by atoms with van der Waals surface area (Å²) in [6.45, 7) is 5.04. The molecule has 2 rings (SSSR count). The summed E-state index contributed by atoms with van der Waals surface area (Å²) in [7, 11) is 0. The fraction of sp³-hybridized carbons (Fsp3) is 0.455. The van der Waals surface area contributed by atoms with E-state index in [0.717, 1.165) is 25.2 Å². The SMILES string of the molecule is CCCc1n[nH]c(=S)n1NCc1sccc1C. The van der Waals surface area contributed by atoms with Gasteiger partial charge in [-0.05, 0) is 42.6 Å². The zero-order valence-corrected chi connectivity index (χ0v) is 11.6. The van der Waals surface area contributed by atoms with Gasteiger partial charge in [0.25, 0.3) is 0 Å². The van der Waals surface area contributed by atoms with Crippen molar-refractivity contribution in [1.82, 2.24) is 14.9 Å². The molecule has 0 amide bonds. The van der Waals surface area contributed by atoms with Gasteiger partial charge in [0.1, 0.15) is 0 Å². The average molecular weight is 268 g/mol. The van der Waals surface area contributed by atoms with Gasteiger partial charge >= 0.3 is 0 Å². The molecule has 2 heterocycles. The Kier molecular flexibility index (Phi) is 3.96. The number of aromatic nitrogens is 3. The summed E-state index contributed by atoms with van der Waals surface area (Å²) in [5.41, 5.74) is 4.63. The first-order valence-electron chi connectivity index (χ1n) is 5.65. The molecule has 92 valence electrons. The number of hydrogen-bond donors (Lipinski definition) is 2. The highest BCUT2D eigenvalue weighted by Gasteiger charge is 2.05. The van der Waals surface area contributed by atoms with E-state index in [0.29, 0.717) is 4.77 Å². The lowest BCUT2D eigenvalue weighted by Gasteiger charge is -2.08. The molecule has 2 N–H and O–H groups in total. The molecule has 0 aliphatic carbocycles. The van der Waals surface area contributed by atoms with E-state index < -0.39 is 0 Å². The molecule has 0 aromatic carbocycles. The minimum Gasteiger partial charge on any atom is -0.317 e. The standard InChI is InChI=1S/C11H16N4S2/c1-3-4-10-13-14-11(16)15(10)12-7-9-8(2)5-6-17-9/h5-6,12H,3-4,7H2,1-2H3,(H,14,16). The Bertz CT molecular complexity index is 538. The molecule has 0 saturated heterocycles. The average Bonchev–Trinajstić information content (AvgIpc) is 2.85. The molecule has 0 aliphatic heterocycles. The molecule has 0 atom stereocenters. The van der Waals surface area contributed by atoms with E-state index in [2.05, 4.69) is 40.9 Å². The van der Waals surface area contributed by atoms with Crippen molar-refractivity contribution >= 4 is 23.6 Å². The van der Waals surface area contributed by atoms with E-state index in [-0.39, 0.29) is 0 Å². The molecule has 17 heavy (non-hydrogen) atoms. The number of aryl methyl sites for hydroxylation is 2. The Balaban J connectivity index is 2.11. The minimum atomic E-state index is 0.627. The highest BCUT2D eigenvalue weighted by molar-refractivity contribution is 7.71. The van der Waals surface area contributed by atoms with Crippen molar-refractivity contribution < 1.29 is 0 Å². The Morgan fingerprint density at radius 3 is 3.06 bits per heavy atom. The number of nitrogens with one attached hydrogen (secondary N) is 2. The van der Waals surface area contributed by atoms with Crippen LogP contribution in [-0.4, -0.2) is 14.9 Å². The van der Waals surface area contributed by atoms with Crippen LogP contribution in [0.25, 0.3) is 0 Å². The first-order valence-corrected chi connectivity index (χ1v) is 6.94. The maximum atomic E-state index is 5.20. The number of hydrogen-bond acceptors (Lipinski definition) is 4. The van der Waals surface area contributed by atoms with Gasteiger partial charge in [0.15, 0.2) is 5.82 Å². The van der Waals surface area contributed by atoms with Crippen molar-refractivity contribution in [2.24, 2.45) is 0 Å². The van der Waals surface area contributed by atoms with Crippen LogP contribution in [0, 0.1) is 11.7 Å². The third-order valence-electron chi connectivity index (χ3n) is 2.58. The molecule has 0 unspecified atom stereocenters. The normalized spacial score (nSPS) is 10.7. The van der Waals surface area contributed by atoms with Crippen molar-refractivity contribution in [1.29, 1.82) is 0 Å². The van der Waals surface area contributed by atoms with Gasteiger partial charge < -0.3 is 5.43 Å². The van der Waals surface area contributed by atoms with E-state index >= 15 is 0 Å². The molecule has 2 aromatic rings. The lowest BCUT2D eigenvalue weighted by molar-refractivity contribution is 0.733. The first kappa shape index (κ1) is 12.3. The van der Waals surface area contributed by atoms with Crippen LogP contribution in [0.5, 0.6) is 0 Å². The van der Waals surface area contributed by atoms with Gasteiger partial charge in [-0.1, -0.05) is 6.92 Å². The predicted molar refractivity (Wildman–Crippen MR) is 73.5 cm³/mol. The first-order chi connectivity index (χ1) is 8.22. The molecular formula is C11H16N4S2. The number of rotatable bonds is 5. The molecular weight excluding hydrogens is 252 g/mol. The van der Waals surface area contributed by atoms with Crippen LogP contribution < -0.4 is 5.43 Å². The Morgan fingerprint density at radius 1 is 1.59 bits per heavy atom. The quantitative estimate of drug-likeness (QED) is 0.819. The lowest BCUT2D eigenvalue weighted by atomic mass is 10.3. The zero-order valence-electron chi connectivity index (χ0n) is 9.99. The largest absolute Gasteiger partial charge is 0.317 e. The van der Waals surface area contributed by atoms with Gasteiger partial charge in [-0.25, -0.2) is 4.68 Å². The fourth-order valence-corrected chi connectivity index (χ4v) is 2.67. The Hall–Kier alpha value is -1.14. The van der Waals surface area contributed by atoms with Gasteiger partial charge in [-0.3, -0.25) is 5.10 Å². The maximum absolute atomic E-state index is 5.20. The summed E-state index contributed by atoms with van der Waals surface area (Å²) in [5.74, 6) is 0.965. The predicted octanol–water partition coefficient (Wildman–Crippen LogP) is 3.01. The molecule has 0 bridgehead atoms. The summed E-state index contributed by atoms with van der Waals surface area (Å²) in [6.07, 6.45) is 1.98. The second-order valence-electron chi connectivity index (χ2n) is 3.89. The molecule has 6 heteroatoms. The van der Waals surface area contributed by atoms with Crippen LogP contribution in [0.4, 0.5) is 0 Å². The van der Waals surface area contributed by atoms with Crippen molar-refractivity contribution in [2.75, 3.05) is 5.43 Å². The smallest absolute Gasteiger partial charge is 0.214 e. The van der Waals surface area contributed by atoms with E-state index in [4.69, 9.17) is 12.2 Å². The molecule has 0 spiro atoms. The Morgan fingerprint density at radius 2 is 2.41 bits per heavy atom. The van der Waals surface area contributed by atoms with Gasteiger partial charge in [-0.2, -0.15) is 5.10 Å². The van der Waals surface area contributed by atoms with Crippen molar-refractivity contribution in [2.45, 2.75) is 33.2 Å². The summed E-state index contributed by atoms with van der Waals surface area (Å²) >= 11 is 6.96. The maximum Gasteiger partial charge on any atom is 0.214 e. The van der Waals surface area contributed by atoms with Gasteiger partial charge in [0, 0.05) is 11.3 Å². The monoisotopic (exact) mass is 268 g/mol. The van der Waals surface area contributed by atoms with E-state index in [9.17, 15) is 0 Å². The third-order valence-corrected chi connectivity index (χ3v) is 3.88. The second-order valence-corrected chi connectivity index (χ2v) is 5.28. The molecule has 0 aliphatic rings. The Labute approximate surface area is 110 Å². The van der Waals surface area contributed by atoms with Gasteiger partial charge in [0.05, 0.1) is 6.54 Å². The fourth-order valence-electron chi connectivity index (χ4n) is 1.62. The number of aromatic amines is 1. The van der Waals surface area contributed by atoms with Crippen LogP contribution in [0.2, 0.25) is 0 Å². The third kappa shape index (κ3) is 2.76. The highest BCUT2D eigenvalue weighted by Crippen LogP contribution is 2.15. The van der Waals surface area contributed by atoms with Crippen LogP contribution in [0.15, 0.2) is 11.4 Å². The summed E-state index contributed by atoms with van der Waals surface area (Å²) in [5, 5.41) is 9.14. The summed E-state index contributed by atoms with van der Waals surface area (Å²) in [4.78, 5) is 1.33. The number of nitrogens with zero attached hydrogens (tertiary/aromatic N) is 2. The van der Waals surface area contributed by atoms with E-state index in [1.54, 1.807) is 11.3 Å². The zero-order chi connectivity index (χ0) is 12.3. The van der Waals surface area contributed by atoms with Crippen molar-refractivity contribution in [3.8, 4) is 0 Å². The van der Waals surface area contributed by atoms with Gasteiger partial charge in [0.2, 0.25) is 4.77 Å². The van der Waals surface area contributed by atoms with Crippen LogP contribution >= 0.6 is 23.6 Å². The van der Waals surface area contributed by atoms with Crippen molar-refractivity contribution in [3.63, 3.8) is 0 Å². The van der Waals surface area contributed by atoms with E-state index in [1.807, 2.05) is 4.68 Å².